The molecular weight excluding hydrogens is 292 g/mol. The van der Waals surface area contributed by atoms with Crippen molar-refractivity contribution < 1.29 is 4.74 Å². The molecule has 23 heavy (non-hydrogen) atoms. The highest BCUT2D eigenvalue weighted by Gasteiger charge is 2.08. The van der Waals surface area contributed by atoms with E-state index in [4.69, 9.17) is 4.74 Å². The molecule has 0 fully saturated rings. The Kier molecular flexibility index (Phi) is 3.08. The van der Waals surface area contributed by atoms with Crippen molar-refractivity contribution in [3.05, 3.63) is 71.2 Å². The van der Waals surface area contributed by atoms with Gasteiger partial charge in [0.15, 0.2) is 0 Å². The van der Waals surface area contributed by atoms with Crippen molar-refractivity contribution in [3.8, 4) is 5.75 Å². The molecule has 0 N–H and O–H groups in total. The van der Waals surface area contributed by atoms with Crippen molar-refractivity contribution in [1.82, 2.24) is 18.9 Å². The van der Waals surface area contributed by atoms with Gasteiger partial charge in [0.1, 0.15) is 11.4 Å². The van der Waals surface area contributed by atoms with E-state index in [-0.39, 0.29) is 5.56 Å². The van der Waals surface area contributed by atoms with E-state index in [2.05, 4.69) is 9.97 Å². The van der Waals surface area contributed by atoms with Crippen molar-refractivity contribution >= 4 is 16.6 Å². The van der Waals surface area contributed by atoms with Crippen molar-refractivity contribution in [2.45, 2.75) is 6.54 Å². The molecule has 0 spiro atoms. The number of fused-ring (bicyclic) bond motifs is 2. The maximum Gasteiger partial charge on any atom is 0.261 e. The lowest BCUT2D eigenvalue weighted by atomic mass is 10.2. The smallest absolute Gasteiger partial charge is 0.261 e. The highest BCUT2D eigenvalue weighted by Crippen LogP contribution is 2.16. The molecule has 0 radical (unpaired) electrons. The van der Waals surface area contributed by atoms with E-state index in [1.54, 1.807) is 36.2 Å². The average Bonchev–Trinajstić information content (AvgIpc) is 2.99. The molecule has 0 aliphatic rings. The van der Waals surface area contributed by atoms with Gasteiger partial charge in [0, 0.05) is 12.4 Å². The summed E-state index contributed by atoms with van der Waals surface area (Å²) in [5.74, 6) is 0.641. The molecule has 1 aromatic carbocycles. The predicted molar refractivity (Wildman–Crippen MR) is 86.8 cm³/mol. The van der Waals surface area contributed by atoms with Gasteiger partial charge in [-0.05, 0) is 30.3 Å². The summed E-state index contributed by atoms with van der Waals surface area (Å²) in [4.78, 5) is 21.5. The number of ether oxygens (including phenoxy) is 1. The van der Waals surface area contributed by atoms with Crippen LogP contribution in [0.25, 0.3) is 16.6 Å². The molecule has 6 nitrogen and oxygen atoms in total. The molecule has 4 aromatic rings. The maximum absolute atomic E-state index is 12.6. The van der Waals surface area contributed by atoms with E-state index < -0.39 is 0 Å². The van der Waals surface area contributed by atoms with E-state index >= 15 is 0 Å². The molecule has 4 rings (SSSR count). The quantitative estimate of drug-likeness (QED) is 0.581. The number of nitrogens with zero attached hydrogens (tertiary/aromatic N) is 4. The lowest BCUT2D eigenvalue weighted by Crippen LogP contribution is -2.21. The second-order valence-electron chi connectivity index (χ2n) is 5.26. The first-order chi connectivity index (χ1) is 11.2. The topological polar surface area (TPSA) is 61.4 Å². The maximum atomic E-state index is 12.6. The lowest BCUT2D eigenvalue weighted by molar-refractivity contribution is 0.415. The fourth-order valence-corrected chi connectivity index (χ4v) is 2.62. The summed E-state index contributed by atoms with van der Waals surface area (Å²) >= 11 is 0. The van der Waals surface area contributed by atoms with Gasteiger partial charge in [0.2, 0.25) is 0 Å². The predicted octanol–water partition coefficient (Wildman–Crippen LogP) is 2.10. The number of hydrogen-bond acceptors (Lipinski definition) is 4. The van der Waals surface area contributed by atoms with E-state index in [1.165, 1.54) is 0 Å². The summed E-state index contributed by atoms with van der Waals surface area (Å²) in [6.45, 7) is 0.376. The first kappa shape index (κ1) is 13.5. The molecule has 0 atom stereocenters. The van der Waals surface area contributed by atoms with Crippen LogP contribution in [0.15, 0.2) is 59.9 Å². The second-order valence-corrected chi connectivity index (χ2v) is 5.26. The molecule has 0 saturated heterocycles. The van der Waals surface area contributed by atoms with Crippen LogP contribution in [-0.4, -0.2) is 26.0 Å². The Balaban J connectivity index is 1.79. The third kappa shape index (κ3) is 2.34. The standard InChI is InChI=1S/C17H14N4O2/c1-23-13-5-6-15-14(8-13)17(22)21(11-18-15)10-12-9-20-7-3-2-4-16(20)19-12/h2-9,11H,10H2,1H3. The van der Waals surface area contributed by atoms with Gasteiger partial charge in [-0.15, -0.1) is 0 Å². The van der Waals surface area contributed by atoms with E-state index in [9.17, 15) is 4.79 Å². The Morgan fingerprint density at radius 3 is 2.96 bits per heavy atom. The molecule has 0 aliphatic heterocycles. The SMILES string of the molecule is COc1ccc2ncn(Cc3cn4ccccc4n3)c(=O)c2c1. The van der Waals surface area contributed by atoms with Gasteiger partial charge < -0.3 is 9.14 Å². The first-order valence-corrected chi connectivity index (χ1v) is 7.20. The Morgan fingerprint density at radius 1 is 1.22 bits per heavy atom. The van der Waals surface area contributed by atoms with Crippen LogP contribution < -0.4 is 10.3 Å². The van der Waals surface area contributed by atoms with Crippen LogP contribution in [0.4, 0.5) is 0 Å². The second kappa shape index (κ2) is 5.24. The van der Waals surface area contributed by atoms with Crippen LogP contribution in [0.3, 0.4) is 0 Å². The van der Waals surface area contributed by atoms with Crippen LogP contribution in [0.1, 0.15) is 5.69 Å². The monoisotopic (exact) mass is 306 g/mol. The summed E-state index contributed by atoms with van der Waals surface area (Å²) < 4.78 is 8.67. The van der Waals surface area contributed by atoms with Gasteiger partial charge in [-0.25, -0.2) is 9.97 Å². The number of pyridine rings is 1. The van der Waals surface area contributed by atoms with Crippen molar-refractivity contribution in [1.29, 1.82) is 0 Å². The highest BCUT2D eigenvalue weighted by molar-refractivity contribution is 5.78. The van der Waals surface area contributed by atoms with Gasteiger partial charge in [-0.1, -0.05) is 6.07 Å². The molecular formula is C17H14N4O2. The minimum Gasteiger partial charge on any atom is -0.497 e. The van der Waals surface area contributed by atoms with E-state index in [1.807, 2.05) is 35.0 Å². The Morgan fingerprint density at radius 2 is 2.13 bits per heavy atom. The van der Waals surface area contributed by atoms with Gasteiger partial charge >= 0.3 is 0 Å². The number of benzene rings is 1. The van der Waals surface area contributed by atoms with E-state index in [0.29, 0.717) is 23.2 Å². The lowest BCUT2D eigenvalue weighted by Gasteiger charge is -2.06. The van der Waals surface area contributed by atoms with E-state index in [0.717, 1.165) is 11.3 Å². The molecule has 3 heterocycles. The number of methoxy groups -OCH3 is 1. The zero-order chi connectivity index (χ0) is 15.8. The summed E-state index contributed by atoms with van der Waals surface area (Å²) in [6, 6.07) is 11.1. The molecule has 0 saturated carbocycles. The highest BCUT2D eigenvalue weighted by atomic mass is 16.5. The minimum absolute atomic E-state index is 0.106. The number of hydrogen-bond donors (Lipinski definition) is 0. The summed E-state index contributed by atoms with van der Waals surface area (Å²) in [6.07, 6.45) is 5.40. The van der Waals surface area contributed by atoms with Gasteiger partial charge in [0.05, 0.1) is 36.6 Å². The van der Waals surface area contributed by atoms with Crippen molar-refractivity contribution in [3.63, 3.8) is 0 Å². The third-order valence-corrected chi connectivity index (χ3v) is 3.78. The van der Waals surface area contributed by atoms with Gasteiger partial charge in [-0.2, -0.15) is 0 Å². The van der Waals surface area contributed by atoms with Crippen LogP contribution in [0.5, 0.6) is 5.75 Å². The summed E-state index contributed by atoms with van der Waals surface area (Å²) in [5, 5.41) is 0.538. The minimum atomic E-state index is -0.106. The number of aromatic nitrogens is 4. The summed E-state index contributed by atoms with van der Waals surface area (Å²) in [7, 11) is 1.58. The fraction of sp³-hybridized carbons (Fsp3) is 0.118. The largest absolute Gasteiger partial charge is 0.497 e. The van der Waals surface area contributed by atoms with Crippen LogP contribution >= 0.6 is 0 Å². The van der Waals surface area contributed by atoms with Crippen LogP contribution in [-0.2, 0) is 6.54 Å². The molecule has 0 bridgehead atoms. The van der Waals surface area contributed by atoms with Crippen molar-refractivity contribution in [2.24, 2.45) is 0 Å². The Hall–Kier alpha value is -3.15. The Bertz CT molecular complexity index is 1030. The summed E-state index contributed by atoms with van der Waals surface area (Å²) in [5.41, 5.74) is 2.21. The molecule has 3 aromatic heterocycles. The van der Waals surface area contributed by atoms with Crippen LogP contribution in [0.2, 0.25) is 0 Å². The zero-order valence-corrected chi connectivity index (χ0v) is 12.5. The first-order valence-electron chi connectivity index (χ1n) is 7.20. The molecule has 114 valence electrons. The third-order valence-electron chi connectivity index (χ3n) is 3.78. The van der Waals surface area contributed by atoms with Gasteiger partial charge in [-0.3, -0.25) is 9.36 Å². The van der Waals surface area contributed by atoms with Gasteiger partial charge in [0.25, 0.3) is 5.56 Å². The number of imidazole rings is 1. The molecule has 0 amide bonds. The average molecular weight is 306 g/mol. The van der Waals surface area contributed by atoms with Crippen molar-refractivity contribution in [2.75, 3.05) is 7.11 Å². The normalized spacial score (nSPS) is 11.2. The number of rotatable bonds is 3. The fourth-order valence-electron chi connectivity index (χ4n) is 2.62. The molecule has 0 unspecified atom stereocenters. The molecule has 6 heteroatoms. The molecule has 0 aliphatic carbocycles. The Labute approximate surface area is 131 Å². The van der Waals surface area contributed by atoms with Crippen LogP contribution in [0, 0.1) is 0 Å². The zero-order valence-electron chi connectivity index (χ0n) is 12.5.